The van der Waals surface area contributed by atoms with Crippen LogP contribution in [0.5, 0.6) is 0 Å². The lowest BCUT2D eigenvalue weighted by Crippen LogP contribution is -2.52. The highest BCUT2D eigenvalue weighted by Crippen LogP contribution is 2.17. The van der Waals surface area contributed by atoms with Gasteiger partial charge in [-0.3, -0.25) is 14.5 Å². The second-order valence-corrected chi connectivity index (χ2v) is 8.03. The van der Waals surface area contributed by atoms with Gasteiger partial charge in [0.1, 0.15) is 6.04 Å². The molecule has 1 aromatic carbocycles. The highest BCUT2D eigenvalue weighted by atomic mass is 16.3. The standard InChI is InChI=1S/C23H31N3O3/c1-17-8-6-12-26(16-17)18(2)15-24-22(27)20(14-19-9-4-3-5-10-19)25-23(28)21-11-7-13-29-21/h3-5,7,9-11,13,17-18,20H,6,8,12,14-16H2,1-2H3,(H,24,27)(H,25,28). The van der Waals surface area contributed by atoms with Crippen molar-refractivity contribution in [3.63, 3.8) is 0 Å². The minimum atomic E-state index is -0.664. The van der Waals surface area contributed by atoms with Crippen molar-refractivity contribution in [1.29, 1.82) is 0 Å². The van der Waals surface area contributed by atoms with E-state index < -0.39 is 6.04 Å². The Morgan fingerprint density at radius 2 is 2.00 bits per heavy atom. The first-order valence-corrected chi connectivity index (χ1v) is 10.4. The molecule has 0 aliphatic carbocycles. The molecule has 29 heavy (non-hydrogen) atoms. The van der Waals surface area contributed by atoms with Crippen molar-refractivity contribution in [2.24, 2.45) is 5.92 Å². The highest BCUT2D eigenvalue weighted by Gasteiger charge is 2.25. The highest BCUT2D eigenvalue weighted by molar-refractivity contribution is 5.95. The largest absolute Gasteiger partial charge is 0.459 e. The summed E-state index contributed by atoms with van der Waals surface area (Å²) in [4.78, 5) is 27.8. The number of piperidine rings is 1. The first-order chi connectivity index (χ1) is 14.0. The maximum atomic E-state index is 12.9. The quantitative estimate of drug-likeness (QED) is 0.718. The van der Waals surface area contributed by atoms with Gasteiger partial charge < -0.3 is 15.1 Å². The Labute approximate surface area is 172 Å². The third-order valence-corrected chi connectivity index (χ3v) is 5.53. The summed E-state index contributed by atoms with van der Waals surface area (Å²) in [5.41, 5.74) is 0.991. The number of hydrogen-bond donors (Lipinski definition) is 2. The Morgan fingerprint density at radius 1 is 1.21 bits per heavy atom. The third kappa shape index (κ3) is 6.19. The number of rotatable bonds is 8. The number of furan rings is 1. The van der Waals surface area contributed by atoms with E-state index >= 15 is 0 Å². The van der Waals surface area contributed by atoms with Gasteiger partial charge in [-0.05, 0) is 49.9 Å². The third-order valence-electron chi connectivity index (χ3n) is 5.53. The second-order valence-electron chi connectivity index (χ2n) is 8.03. The van der Waals surface area contributed by atoms with E-state index in [1.807, 2.05) is 30.3 Å². The summed E-state index contributed by atoms with van der Waals surface area (Å²) in [6.07, 6.45) is 4.35. The molecule has 3 atom stereocenters. The Hall–Kier alpha value is -2.60. The Balaban J connectivity index is 1.61. The fourth-order valence-electron chi connectivity index (χ4n) is 3.82. The lowest BCUT2D eigenvalue weighted by molar-refractivity contribution is -0.123. The normalized spacial score (nSPS) is 19.3. The van der Waals surface area contributed by atoms with Gasteiger partial charge in [-0.2, -0.15) is 0 Å². The fourth-order valence-corrected chi connectivity index (χ4v) is 3.82. The monoisotopic (exact) mass is 397 g/mol. The van der Waals surface area contributed by atoms with E-state index in [4.69, 9.17) is 4.42 Å². The summed E-state index contributed by atoms with van der Waals surface area (Å²) in [6.45, 7) is 7.13. The van der Waals surface area contributed by atoms with Crippen LogP contribution in [0.3, 0.4) is 0 Å². The first-order valence-electron chi connectivity index (χ1n) is 10.4. The number of carbonyl (C=O) groups excluding carboxylic acids is 2. The summed E-state index contributed by atoms with van der Waals surface area (Å²) in [5.74, 6) is 0.335. The summed E-state index contributed by atoms with van der Waals surface area (Å²) in [5, 5.41) is 5.86. The van der Waals surface area contributed by atoms with Crippen molar-refractivity contribution in [1.82, 2.24) is 15.5 Å². The van der Waals surface area contributed by atoms with Crippen LogP contribution in [0.1, 0.15) is 42.8 Å². The molecule has 2 heterocycles. The lowest BCUT2D eigenvalue weighted by Gasteiger charge is -2.35. The van der Waals surface area contributed by atoms with Crippen LogP contribution in [0.2, 0.25) is 0 Å². The van der Waals surface area contributed by atoms with E-state index in [9.17, 15) is 9.59 Å². The molecular formula is C23H31N3O3. The summed E-state index contributed by atoms with van der Waals surface area (Å²) >= 11 is 0. The van der Waals surface area contributed by atoms with Crippen LogP contribution in [-0.2, 0) is 11.2 Å². The molecule has 0 radical (unpaired) electrons. The molecule has 6 nitrogen and oxygen atoms in total. The zero-order valence-corrected chi connectivity index (χ0v) is 17.3. The lowest BCUT2D eigenvalue weighted by atomic mass is 9.99. The van der Waals surface area contributed by atoms with Gasteiger partial charge in [0, 0.05) is 25.6 Å². The molecule has 3 rings (SSSR count). The number of likely N-dealkylation sites (tertiary alicyclic amines) is 1. The van der Waals surface area contributed by atoms with Crippen molar-refractivity contribution >= 4 is 11.8 Å². The van der Waals surface area contributed by atoms with Crippen LogP contribution < -0.4 is 10.6 Å². The second kappa shape index (κ2) is 10.3. The van der Waals surface area contributed by atoms with E-state index in [-0.39, 0.29) is 23.6 Å². The summed E-state index contributed by atoms with van der Waals surface area (Å²) in [7, 11) is 0. The maximum Gasteiger partial charge on any atom is 0.287 e. The Bertz CT molecular complexity index is 776. The average Bonchev–Trinajstić information content (AvgIpc) is 3.27. The number of nitrogens with one attached hydrogen (secondary N) is 2. The molecule has 2 aromatic rings. The predicted octanol–water partition coefficient (Wildman–Crippen LogP) is 2.86. The van der Waals surface area contributed by atoms with Gasteiger partial charge in [-0.15, -0.1) is 0 Å². The van der Waals surface area contributed by atoms with E-state index in [1.165, 1.54) is 19.1 Å². The smallest absolute Gasteiger partial charge is 0.287 e. The van der Waals surface area contributed by atoms with Crippen molar-refractivity contribution < 1.29 is 14.0 Å². The Kier molecular flexibility index (Phi) is 7.47. The van der Waals surface area contributed by atoms with Crippen molar-refractivity contribution in [2.45, 2.75) is 45.2 Å². The molecule has 1 aliphatic heterocycles. The minimum Gasteiger partial charge on any atom is -0.459 e. The maximum absolute atomic E-state index is 12.9. The zero-order valence-electron chi connectivity index (χ0n) is 17.3. The van der Waals surface area contributed by atoms with Crippen molar-refractivity contribution in [3.05, 3.63) is 60.1 Å². The molecule has 1 saturated heterocycles. The fraction of sp³-hybridized carbons (Fsp3) is 0.478. The van der Waals surface area contributed by atoms with Gasteiger partial charge in [-0.1, -0.05) is 37.3 Å². The molecule has 156 valence electrons. The molecule has 0 spiro atoms. The van der Waals surface area contributed by atoms with Gasteiger partial charge in [0.25, 0.3) is 5.91 Å². The Morgan fingerprint density at radius 3 is 2.69 bits per heavy atom. The molecule has 3 unspecified atom stereocenters. The van der Waals surface area contributed by atoms with E-state index in [0.717, 1.165) is 18.7 Å². The number of hydrogen-bond acceptors (Lipinski definition) is 4. The molecule has 1 aliphatic rings. The number of amides is 2. The van der Waals surface area contributed by atoms with Crippen LogP contribution in [-0.4, -0.2) is 48.4 Å². The van der Waals surface area contributed by atoms with Gasteiger partial charge in [-0.25, -0.2) is 0 Å². The SMILES string of the molecule is CC1CCCN(C(C)CNC(=O)C(Cc2ccccc2)NC(=O)c2ccco2)C1. The molecule has 2 amide bonds. The summed E-state index contributed by atoms with van der Waals surface area (Å²) in [6, 6.07) is 12.5. The average molecular weight is 398 g/mol. The molecule has 6 heteroatoms. The molecular weight excluding hydrogens is 366 g/mol. The van der Waals surface area contributed by atoms with Gasteiger partial charge in [0.05, 0.1) is 6.26 Å². The molecule has 2 N–H and O–H groups in total. The van der Waals surface area contributed by atoms with Gasteiger partial charge in [0.2, 0.25) is 5.91 Å². The molecule has 0 bridgehead atoms. The van der Waals surface area contributed by atoms with Crippen molar-refractivity contribution in [2.75, 3.05) is 19.6 Å². The van der Waals surface area contributed by atoms with Crippen molar-refractivity contribution in [3.8, 4) is 0 Å². The predicted molar refractivity (Wildman–Crippen MR) is 113 cm³/mol. The van der Waals surface area contributed by atoms with Crippen LogP contribution in [0, 0.1) is 5.92 Å². The van der Waals surface area contributed by atoms with Gasteiger partial charge in [0.15, 0.2) is 5.76 Å². The molecule has 1 fully saturated rings. The first kappa shape index (κ1) is 21.1. The molecule has 0 saturated carbocycles. The van der Waals surface area contributed by atoms with Crippen LogP contribution in [0.25, 0.3) is 0 Å². The van der Waals surface area contributed by atoms with Crippen LogP contribution in [0.4, 0.5) is 0 Å². The van der Waals surface area contributed by atoms with E-state index in [2.05, 4.69) is 29.4 Å². The van der Waals surface area contributed by atoms with Crippen LogP contribution in [0.15, 0.2) is 53.1 Å². The van der Waals surface area contributed by atoms with Crippen LogP contribution >= 0.6 is 0 Å². The van der Waals surface area contributed by atoms with Gasteiger partial charge >= 0.3 is 0 Å². The zero-order chi connectivity index (χ0) is 20.6. The van der Waals surface area contributed by atoms with E-state index in [0.29, 0.717) is 18.9 Å². The topological polar surface area (TPSA) is 74.6 Å². The molecule has 1 aromatic heterocycles. The summed E-state index contributed by atoms with van der Waals surface area (Å²) < 4.78 is 5.16. The van der Waals surface area contributed by atoms with E-state index in [1.54, 1.807) is 12.1 Å². The number of nitrogens with zero attached hydrogens (tertiary/aromatic N) is 1. The number of benzene rings is 1. The minimum absolute atomic E-state index is 0.175. The number of carbonyl (C=O) groups is 2.